The van der Waals surface area contributed by atoms with E-state index in [2.05, 4.69) is 0 Å². The molecule has 4 heteroatoms. The second kappa shape index (κ2) is 7.13. The van der Waals surface area contributed by atoms with Crippen LogP contribution < -0.4 is 5.73 Å². The Morgan fingerprint density at radius 1 is 1.25 bits per heavy atom. The number of hydrogen-bond acceptors (Lipinski definition) is 2. The molecule has 112 valence electrons. The van der Waals surface area contributed by atoms with Crippen molar-refractivity contribution < 1.29 is 4.74 Å². The van der Waals surface area contributed by atoms with E-state index >= 15 is 0 Å². The zero-order chi connectivity index (χ0) is 14.6. The maximum absolute atomic E-state index is 6.49. The number of rotatable bonds is 5. The Bertz CT molecular complexity index is 439. The first-order valence-electron chi connectivity index (χ1n) is 7.41. The van der Waals surface area contributed by atoms with Crippen molar-refractivity contribution in [2.45, 2.75) is 57.1 Å². The van der Waals surface area contributed by atoms with Crippen LogP contribution in [-0.2, 0) is 11.2 Å². The Hall–Kier alpha value is -0.280. The summed E-state index contributed by atoms with van der Waals surface area (Å²) in [4.78, 5) is 0. The van der Waals surface area contributed by atoms with E-state index in [0.717, 1.165) is 23.4 Å². The number of halogens is 2. The molecule has 0 saturated heterocycles. The molecule has 0 heterocycles. The molecule has 0 amide bonds. The van der Waals surface area contributed by atoms with Gasteiger partial charge in [-0.3, -0.25) is 0 Å². The zero-order valence-corrected chi connectivity index (χ0v) is 13.5. The van der Waals surface area contributed by atoms with Crippen LogP contribution in [0.2, 0.25) is 10.0 Å². The van der Waals surface area contributed by atoms with Gasteiger partial charge < -0.3 is 10.5 Å². The van der Waals surface area contributed by atoms with E-state index in [9.17, 15) is 0 Å². The van der Waals surface area contributed by atoms with Crippen LogP contribution in [0.4, 0.5) is 0 Å². The standard InChI is InChI=1S/C16H23Cl2NO/c1-2-20-16(8-4-3-5-9-16)15(19)11-12-10-13(17)6-7-14(12)18/h6-7,10,15H,2-5,8-9,11,19H2,1H3. The lowest BCUT2D eigenvalue weighted by Crippen LogP contribution is -2.52. The van der Waals surface area contributed by atoms with Crippen LogP contribution in [0.5, 0.6) is 0 Å². The molecule has 0 bridgehead atoms. The lowest BCUT2D eigenvalue weighted by Gasteiger charge is -2.42. The molecule has 20 heavy (non-hydrogen) atoms. The van der Waals surface area contributed by atoms with Crippen LogP contribution in [0.1, 0.15) is 44.6 Å². The molecule has 0 aliphatic heterocycles. The fraction of sp³-hybridized carbons (Fsp3) is 0.625. The minimum absolute atomic E-state index is 0.0429. The molecular formula is C16H23Cl2NO. The molecule has 1 saturated carbocycles. The number of hydrogen-bond donors (Lipinski definition) is 1. The van der Waals surface area contributed by atoms with Crippen LogP contribution >= 0.6 is 23.2 Å². The number of benzene rings is 1. The fourth-order valence-electron chi connectivity index (χ4n) is 3.18. The Morgan fingerprint density at radius 2 is 1.95 bits per heavy atom. The zero-order valence-electron chi connectivity index (χ0n) is 12.0. The second-order valence-electron chi connectivity index (χ2n) is 5.60. The second-order valence-corrected chi connectivity index (χ2v) is 6.45. The summed E-state index contributed by atoms with van der Waals surface area (Å²) < 4.78 is 6.07. The Balaban J connectivity index is 2.15. The molecule has 0 aromatic heterocycles. The van der Waals surface area contributed by atoms with Gasteiger partial charge in [0.05, 0.1) is 5.60 Å². The Labute approximate surface area is 131 Å². The topological polar surface area (TPSA) is 35.2 Å². The van der Waals surface area contributed by atoms with Gasteiger partial charge in [0.1, 0.15) is 0 Å². The number of ether oxygens (including phenoxy) is 1. The molecule has 1 atom stereocenters. The van der Waals surface area contributed by atoms with Gasteiger partial charge in [0, 0.05) is 22.7 Å². The van der Waals surface area contributed by atoms with Crippen molar-refractivity contribution >= 4 is 23.2 Å². The normalized spacial score (nSPS) is 19.8. The molecule has 1 aliphatic carbocycles. The first kappa shape index (κ1) is 16.1. The van der Waals surface area contributed by atoms with Crippen LogP contribution in [0.3, 0.4) is 0 Å². The molecule has 0 radical (unpaired) electrons. The first-order chi connectivity index (χ1) is 9.57. The maximum Gasteiger partial charge on any atom is 0.0835 e. The van der Waals surface area contributed by atoms with E-state index in [1.807, 2.05) is 19.1 Å². The molecule has 1 aliphatic rings. The van der Waals surface area contributed by atoms with Crippen LogP contribution in [0.15, 0.2) is 18.2 Å². The van der Waals surface area contributed by atoms with E-state index in [4.69, 9.17) is 33.7 Å². The maximum atomic E-state index is 6.49. The van der Waals surface area contributed by atoms with Crippen LogP contribution in [0.25, 0.3) is 0 Å². The summed E-state index contributed by atoms with van der Waals surface area (Å²) in [5, 5.41) is 1.43. The van der Waals surface area contributed by atoms with Crippen molar-refractivity contribution in [2.75, 3.05) is 6.61 Å². The minimum atomic E-state index is -0.196. The van der Waals surface area contributed by atoms with Crippen molar-refractivity contribution in [1.29, 1.82) is 0 Å². The fourth-order valence-corrected chi connectivity index (χ4v) is 3.57. The quantitative estimate of drug-likeness (QED) is 0.861. The Morgan fingerprint density at radius 3 is 2.60 bits per heavy atom. The molecule has 1 fully saturated rings. The van der Waals surface area contributed by atoms with Crippen molar-refractivity contribution in [2.24, 2.45) is 5.73 Å². The van der Waals surface area contributed by atoms with Gasteiger partial charge in [-0.2, -0.15) is 0 Å². The van der Waals surface area contributed by atoms with Crippen molar-refractivity contribution in [3.63, 3.8) is 0 Å². The van der Waals surface area contributed by atoms with E-state index in [1.165, 1.54) is 19.3 Å². The third-order valence-corrected chi connectivity index (χ3v) is 4.86. The molecule has 1 aromatic rings. The summed E-state index contributed by atoms with van der Waals surface area (Å²) in [6.07, 6.45) is 6.45. The highest BCUT2D eigenvalue weighted by atomic mass is 35.5. The van der Waals surface area contributed by atoms with Crippen molar-refractivity contribution in [3.8, 4) is 0 Å². The third-order valence-electron chi connectivity index (χ3n) is 4.26. The van der Waals surface area contributed by atoms with Gasteiger partial charge in [-0.1, -0.05) is 42.5 Å². The third kappa shape index (κ3) is 3.67. The summed E-state index contributed by atoms with van der Waals surface area (Å²) in [6, 6.07) is 5.50. The molecule has 1 aromatic carbocycles. The van der Waals surface area contributed by atoms with Gasteiger partial charge >= 0.3 is 0 Å². The summed E-state index contributed by atoms with van der Waals surface area (Å²) >= 11 is 12.3. The largest absolute Gasteiger partial charge is 0.374 e. The molecule has 2 nitrogen and oxygen atoms in total. The van der Waals surface area contributed by atoms with Crippen LogP contribution in [0, 0.1) is 0 Å². The van der Waals surface area contributed by atoms with Crippen molar-refractivity contribution in [3.05, 3.63) is 33.8 Å². The van der Waals surface area contributed by atoms with E-state index < -0.39 is 0 Å². The summed E-state index contributed by atoms with van der Waals surface area (Å²) in [7, 11) is 0. The van der Waals surface area contributed by atoms with E-state index in [0.29, 0.717) is 18.1 Å². The molecule has 2 rings (SSSR count). The highest BCUT2D eigenvalue weighted by Gasteiger charge is 2.38. The predicted octanol–water partition coefficient (Wildman–Crippen LogP) is 4.60. The molecular weight excluding hydrogens is 293 g/mol. The van der Waals surface area contributed by atoms with Gasteiger partial charge in [-0.15, -0.1) is 0 Å². The van der Waals surface area contributed by atoms with Gasteiger partial charge in [-0.25, -0.2) is 0 Å². The number of nitrogens with two attached hydrogens (primary N) is 1. The highest BCUT2D eigenvalue weighted by molar-refractivity contribution is 6.33. The summed E-state index contributed by atoms with van der Waals surface area (Å²) in [6.45, 7) is 2.74. The lowest BCUT2D eigenvalue weighted by atomic mass is 9.77. The lowest BCUT2D eigenvalue weighted by molar-refractivity contribution is -0.0817. The van der Waals surface area contributed by atoms with E-state index in [-0.39, 0.29) is 11.6 Å². The SMILES string of the molecule is CCOC1(C(N)Cc2cc(Cl)ccc2Cl)CCCCC1. The highest BCUT2D eigenvalue weighted by Crippen LogP contribution is 2.36. The Kier molecular flexibility index (Phi) is 5.74. The average molecular weight is 316 g/mol. The summed E-state index contributed by atoms with van der Waals surface area (Å²) in [5.74, 6) is 0. The van der Waals surface area contributed by atoms with Gasteiger partial charge in [0.15, 0.2) is 0 Å². The predicted molar refractivity (Wildman–Crippen MR) is 85.6 cm³/mol. The molecule has 2 N–H and O–H groups in total. The first-order valence-corrected chi connectivity index (χ1v) is 8.16. The minimum Gasteiger partial charge on any atom is -0.374 e. The smallest absolute Gasteiger partial charge is 0.0835 e. The van der Waals surface area contributed by atoms with Crippen LogP contribution in [-0.4, -0.2) is 18.2 Å². The van der Waals surface area contributed by atoms with Gasteiger partial charge in [0.25, 0.3) is 0 Å². The van der Waals surface area contributed by atoms with Crippen molar-refractivity contribution in [1.82, 2.24) is 0 Å². The summed E-state index contributed by atoms with van der Waals surface area (Å²) in [5.41, 5.74) is 7.31. The monoisotopic (exact) mass is 315 g/mol. The molecule has 1 unspecified atom stereocenters. The average Bonchev–Trinajstić information content (AvgIpc) is 2.44. The van der Waals surface area contributed by atoms with Gasteiger partial charge in [0.2, 0.25) is 0 Å². The van der Waals surface area contributed by atoms with Gasteiger partial charge in [-0.05, 0) is 49.9 Å². The molecule has 0 spiro atoms. The van der Waals surface area contributed by atoms with E-state index in [1.54, 1.807) is 6.07 Å².